The zero-order chi connectivity index (χ0) is 24.6. The highest BCUT2D eigenvalue weighted by molar-refractivity contribution is 7.90. The van der Waals surface area contributed by atoms with E-state index in [0.29, 0.717) is 28.2 Å². The van der Waals surface area contributed by atoms with E-state index in [-0.39, 0.29) is 11.9 Å². The van der Waals surface area contributed by atoms with Crippen molar-refractivity contribution in [3.05, 3.63) is 58.9 Å². The van der Waals surface area contributed by atoms with Crippen molar-refractivity contribution in [1.82, 2.24) is 19.2 Å². The van der Waals surface area contributed by atoms with Gasteiger partial charge in [0.15, 0.2) is 0 Å². The van der Waals surface area contributed by atoms with Crippen LogP contribution in [0, 0.1) is 5.92 Å². The Morgan fingerprint density at radius 3 is 2.68 bits per heavy atom. The van der Waals surface area contributed by atoms with E-state index in [2.05, 4.69) is 36.0 Å². The van der Waals surface area contributed by atoms with Crippen LogP contribution in [0.15, 0.2) is 36.4 Å². The minimum absolute atomic E-state index is 0.0852. The summed E-state index contributed by atoms with van der Waals surface area (Å²) in [6, 6.07) is 11.4. The van der Waals surface area contributed by atoms with Crippen molar-refractivity contribution in [3.63, 3.8) is 0 Å². The normalized spacial score (nSPS) is 16.1. The molecule has 0 bridgehead atoms. The summed E-state index contributed by atoms with van der Waals surface area (Å²) in [5, 5.41) is 3.21. The Morgan fingerprint density at radius 2 is 1.97 bits per heavy atom. The summed E-state index contributed by atoms with van der Waals surface area (Å²) in [4.78, 5) is 18.4. The molecule has 0 spiro atoms. The molecule has 0 radical (unpaired) electrons. The summed E-state index contributed by atoms with van der Waals surface area (Å²) >= 11 is 0. The van der Waals surface area contributed by atoms with Crippen LogP contribution in [0.4, 0.5) is 5.69 Å². The first-order valence-electron chi connectivity index (χ1n) is 11.6. The highest BCUT2D eigenvalue weighted by atomic mass is 32.2. The summed E-state index contributed by atoms with van der Waals surface area (Å²) in [6.45, 7) is 4.23. The maximum atomic E-state index is 13.6. The maximum Gasteiger partial charge on any atom is 0.301 e. The zero-order valence-corrected chi connectivity index (χ0v) is 21.2. The number of benzene rings is 2. The third-order valence-corrected chi connectivity index (χ3v) is 7.75. The van der Waals surface area contributed by atoms with Gasteiger partial charge in [-0.05, 0) is 48.4 Å². The van der Waals surface area contributed by atoms with Crippen LogP contribution in [0.25, 0.3) is 11.0 Å². The molecule has 8 nitrogen and oxygen atoms in total. The molecule has 0 unspecified atom stereocenters. The number of carbonyl (C=O) groups is 1. The van der Waals surface area contributed by atoms with Crippen LogP contribution in [0.5, 0.6) is 0 Å². The van der Waals surface area contributed by atoms with Crippen LogP contribution in [0.3, 0.4) is 0 Å². The standard InChI is InChI=1S/C25H33N5O3S/c1-16(2)13-23-26-22-15-18(28-34(32,33)29(3)4)14-20(24(22)30(23)5)25(31)27-21-12-8-10-17-9-6-7-11-19(17)21/h6-7,9,11,14-16,21,28H,8,10,12-13H2,1-5H3,(H,27,31)/t21-/m1/s1. The number of hydrogen-bond donors (Lipinski definition) is 2. The van der Waals surface area contributed by atoms with Crippen molar-refractivity contribution < 1.29 is 13.2 Å². The van der Waals surface area contributed by atoms with E-state index in [1.807, 2.05) is 23.7 Å². The van der Waals surface area contributed by atoms with Crippen LogP contribution in [0.1, 0.15) is 60.0 Å². The number of rotatable bonds is 7. The lowest BCUT2D eigenvalue weighted by Crippen LogP contribution is -2.32. The van der Waals surface area contributed by atoms with Gasteiger partial charge in [0.2, 0.25) is 0 Å². The van der Waals surface area contributed by atoms with Crippen LogP contribution in [0.2, 0.25) is 0 Å². The molecular formula is C25H33N5O3S. The summed E-state index contributed by atoms with van der Waals surface area (Å²) in [5.74, 6) is 1.00. The molecule has 9 heteroatoms. The molecule has 2 N–H and O–H groups in total. The van der Waals surface area contributed by atoms with Crippen LogP contribution in [-0.2, 0) is 30.1 Å². The second-order valence-electron chi connectivity index (χ2n) is 9.58. The minimum atomic E-state index is -3.73. The van der Waals surface area contributed by atoms with E-state index in [9.17, 15) is 13.2 Å². The molecule has 1 aliphatic carbocycles. The van der Waals surface area contributed by atoms with Crippen LogP contribution >= 0.6 is 0 Å². The lowest BCUT2D eigenvalue weighted by Gasteiger charge is -2.26. The predicted molar refractivity (Wildman–Crippen MR) is 135 cm³/mol. The molecule has 1 amide bonds. The Hall–Kier alpha value is -2.91. The van der Waals surface area contributed by atoms with E-state index in [1.54, 1.807) is 12.1 Å². The van der Waals surface area contributed by atoms with E-state index < -0.39 is 10.2 Å². The Bertz CT molecular complexity index is 1330. The number of hydrogen-bond acceptors (Lipinski definition) is 4. The zero-order valence-electron chi connectivity index (χ0n) is 20.4. The molecule has 0 saturated heterocycles. The summed E-state index contributed by atoms with van der Waals surface area (Å²) in [5.41, 5.74) is 4.41. The van der Waals surface area contributed by atoms with Gasteiger partial charge in [-0.15, -0.1) is 0 Å². The van der Waals surface area contributed by atoms with Gasteiger partial charge in [0.1, 0.15) is 5.82 Å². The molecule has 0 fully saturated rings. The van der Waals surface area contributed by atoms with Gasteiger partial charge in [-0.1, -0.05) is 38.1 Å². The maximum absolute atomic E-state index is 13.6. The van der Waals surface area contributed by atoms with Crippen molar-refractivity contribution in [1.29, 1.82) is 0 Å². The average Bonchev–Trinajstić information content (AvgIpc) is 3.07. The van der Waals surface area contributed by atoms with Gasteiger partial charge in [0.25, 0.3) is 5.91 Å². The van der Waals surface area contributed by atoms with Crippen molar-refractivity contribution in [3.8, 4) is 0 Å². The van der Waals surface area contributed by atoms with E-state index in [4.69, 9.17) is 4.98 Å². The topological polar surface area (TPSA) is 96.3 Å². The number of anilines is 1. The fraction of sp³-hybridized carbons (Fsp3) is 0.440. The highest BCUT2D eigenvalue weighted by Crippen LogP contribution is 2.31. The molecule has 0 aliphatic heterocycles. The molecule has 2 aromatic carbocycles. The van der Waals surface area contributed by atoms with Gasteiger partial charge in [-0.2, -0.15) is 12.7 Å². The minimum Gasteiger partial charge on any atom is -0.345 e. The number of carbonyl (C=O) groups excluding carboxylic acids is 1. The van der Waals surface area contributed by atoms with Gasteiger partial charge in [-0.3, -0.25) is 9.52 Å². The molecular weight excluding hydrogens is 450 g/mol. The number of amides is 1. The van der Waals surface area contributed by atoms with Crippen molar-refractivity contribution in [2.24, 2.45) is 13.0 Å². The SMILES string of the molecule is CC(C)Cc1nc2cc(NS(=O)(=O)N(C)C)cc(C(=O)N[C@@H]3CCCc4ccccc43)c2n1C. The lowest BCUT2D eigenvalue weighted by molar-refractivity contribution is 0.0934. The fourth-order valence-corrected chi connectivity index (χ4v) is 5.16. The Labute approximate surface area is 201 Å². The van der Waals surface area contributed by atoms with Gasteiger partial charge in [-0.25, -0.2) is 4.98 Å². The van der Waals surface area contributed by atoms with Crippen molar-refractivity contribution in [2.75, 3.05) is 18.8 Å². The smallest absolute Gasteiger partial charge is 0.301 e. The van der Waals surface area contributed by atoms with Crippen molar-refractivity contribution >= 4 is 32.8 Å². The molecule has 182 valence electrons. The first kappa shape index (κ1) is 24.2. The number of nitrogens with zero attached hydrogens (tertiary/aromatic N) is 3. The molecule has 1 aliphatic rings. The second kappa shape index (κ2) is 9.38. The summed E-state index contributed by atoms with van der Waals surface area (Å²) < 4.78 is 30.6. The Balaban J connectivity index is 1.78. The number of imidazole rings is 1. The number of nitrogens with one attached hydrogen (secondary N) is 2. The molecule has 0 saturated carbocycles. The molecule has 1 heterocycles. The van der Waals surface area contributed by atoms with Gasteiger partial charge >= 0.3 is 10.2 Å². The molecule has 1 aromatic heterocycles. The van der Waals surface area contributed by atoms with Gasteiger partial charge in [0.05, 0.1) is 28.3 Å². The van der Waals surface area contributed by atoms with Gasteiger partial charge < -0.3 is 9.88 Å². The third-order valence-electron chi connectivity index (χ3n) is 6.30. The quantitative estimate of drug-likeness (QED) is 0.534. The number of aryl methyl sites for hydroxylation is 2. The fourth-order valence-electron chi connectivity index (χ4n) is 4.56. The van der Waals surface area contributed by atoms with E-state index in [0.717, 1.165) is 41.4 Å². The molecule has 1 atom stereocenters. The summed E-state index contributed by atoms with van der Waals surface area (Å²) in [6.07, 6.45) is 3.63. The molecule has 3 aromatic rings. The first-order chi connectivity index (χ1) is 16.1. The largest absolute Gasteiger partial charge is 0.345 e. The monoisotopic (exact) mass is 483 g/mol. The second-order valence-corrected chi connectivity index (χ2v) is 11.5. The van der Waals surface area contributed by atoms with Crippen LogP contribution in [-0.4, -0.2) is 42.3 Å². The average molecular weight is 484 g/mol. The summed E-state index contributed by atoms with van der Waals surface area (Å²) in [7, 11) is 1.08. The number of aromatic nitrogens is 2. The van der Waals surface area contributed by atoms with Gasteiger partial charge in [0, 0.05) is 27.6 Å². The Morgan fingerprint density at radius 1 is 1.24 bits per heavy atom. The van der Waals surface area contributed by atoms with E-state index >= 15 is 0 Å². The number of fused-ring (bicyclic) bond motifs is 2. The lowest BCUT2D eigenvalue weighted by atomic mass is 9.87. The van der Waals surface area contributed by atoms with E-state index in [1.165, 1.54) is 19.7 Å². The molecule has 34 heavy (non-hydrogen) atoms. The predicted octanol–water partition coefficient (Wildman–Crippen LogP) is 3.80. The van der Waals surface area contributed by atoms with Crippen LogP contribution < -0.4 is 10.0 Å². The van der Waals surface area contributed by atoms with Crippen molar-refractivity contribution in [2.45, 2.75) is 45.6 Å². The first-order valence-corrected chi connectivity index (χ1v) is 13.1. The third kappa shape index (κ3) is 4.81. The molecule has 4 rings (SSSR count). The highest BCUT2D eigenvalue weighted by Gasteiger charge is 2.25. The Kier molecular flexibility index (Phi) is 6.69.